The van der Waals surface area contributed by atoms with Crippen LogP contribution in [0.15, 0.2) is 24.3 Å². The minimum absolute atomic E-state index is 0.262. The van der Waals surface area contributed by atoms with Gasteiger partial charge >= 0.3 is 0 Å². The van der Waals surface area contributed by atoms with Gasteiger partial charge in [0.25, 0.3) is 0 Å². The van der Waals surface area contributed by atoms with Gasteiger partial charge < -0.3 is 10.2 Å². The van der Waals surface area contributed by atoms with Crippen LogP contribution in [0.3, 0.4) is 0 Å². The van der Waals surface area contributed by atoms with Crippen molar-refractivity contribution < 1.29 is 4.79 Å². The predicted molar refractivity (Wildman–Crippen MR) is 76.4 cm³/mol. The van der Waals surface area contributed by atoms with E-state index in [4.69, 9.17) is 11.6 Å². The molecule has 0 unspecified atom stereocenters. The number of rotatable bonds is 2. The first-order valence-electron chi connectivity index (χ1n) is 6.91. The van der Waals surface area contributed by atoms with Crippen molar-refractivity contribution in [2.75, 3.05) is 19.6 Å². The molecule has 1 N–H and O–H groups in total. The topological polar surface area (TPSA) is 32.3 Å². The van der Waals surface area contributed by atoms with Crippen molar-refractivity contribution in [2.45, 2.75) is 31.2 Å². The Morgan fingerprint density at radius 1 is 1.37 bits per heavy atom. The zero-order valence-electron chi connectivity index (χ0n) is 11.2. The summed E-state index contributed by atoms with van der Waals surface area (Å²) < 4.78 is 0. The molecule has 2 aliphatic rings. The summed E-state index contributed by atoms with van der Waals surface area (Å²) >= 11 is 5.93. The van der Waals surface area contributed by atoms with Crippen molar-refractivity contribution in [1.82, 2.24) is 10.2 Å². The van der Waals surface area contributed by atoms with Crippen LogP contribution in [-0.2, 0) is 10.2 Å². The lowest BCUT2D eigenvalue weighted by Gasteiger charge is -2.34. The van der Waals surface area contributed by atoms with Crippen LogP contribution in [0, 0.1) is 0 Å². The van der Waals surface area contributed by atoms with E-state index in [1.54, 1.807) is 0 Å². The van der Waals surface area contributed by atoms with E-state index in [-0.39, 0.29) is 5.41 Å². The lowest BCUT2D eigenvalue weighted by Crippen LogP contribution is -2.53. The molecule has 0 radical (unpaired) electrons. The Hall–Kier alpha value is -1.06. The van der Waals surface area contributed by atoms with Gasteiger partial charge in [-0.15, -0.1) is 0 Å². The maximum atomic E-state index is 12.8. The Morgan fingerprint density at radius 2 is 2.05 bits per heavy atom. The monoisotopic (exact) mass is 278 g/mol. The molecule has 1 atom stereocenters. The molecule has 4 heteroatoms. The Morgan fingerprint density at radius 3 is 2.63 bits per heavy atom. The molecule has 1 aliphatic carbocycles. The van der Waals surface area contributed by atoms with E-state index in [2.05, 4.69) is 12.2 Å². The molecule has 1 heterocycles. The molecule has 3 rings (SSSR count). The summed E-state index contributed by atoms with van der Waals surface area (Å²) in [6.45, 7) is 4.65. The summed E-state index contributed by atoms with van der Waals surface area (Å²) in [5.41, 5.74) is 0.856. The molecule has 1 saturated carbocycles. The van der Waals surface area contributed by atoms with Gasteiger partial charge in [-0.05, 0) is 37.5 Å². The molecule has 1 aromatic rings. The lowest BCUT2D eigenvalue weighted by molar-refractivity contribution is -0.135. The highest BCUT2D eigenvalue weighted by Crippen LogP contribution is 2.49. The Labute approximate surface area is 118 Å². The van der Waals surface area contributed by atoms with Crippen LogP contribution in [-0.4, -0.2) is 36.5 Å². The van der Waals surface area contributed by atoms with Gasteiger partial charge in [0.1, 0.15) is 0 Å². The van der Waals surface area contributed by atoms with E-state index in [1.807, 2.05) is 29.2 Å². The average molecular weight is 279 g/mol. The van der Waals surface area contributed by atoms with E-state index in [0.717, 1.165) is 43.1 Å². The summed E-state index contributed by atoms with van der Waals surface area (Å²) in [5.74, 6) is 0.295. The number of hydrogen-bond donors (Lipinski definition) is 1. The van der Waals surface area contributed by atoms with Crippen molar-refractivity contribution in [1.29, 1.82) is 0 Å². The Balaban J connectivity index is 1.80. The van der Waals surface area contributed by atoms with Gasteiger partial charge in [0.2, 0.25) is 5.91 Å². The molecule has 0 spiro atoms. The van der Waals surface area contributed by atoms with Gasteiger partial charge in [-0.1, -0.05) is 23.7 Å². The highest BCUT2D eigenvalue weighted by Gasteiger charge is 2.53. The predicted octanol–water partition coefficient (Wildman–Crippen LogP) is 2.19. The number of nitrogens with one attached hydrogen (secondary N) is 1. The molecule has 0 bridgehead atoms. The van der Waals surface area contributed by atoms with Gasteiger partial charge in [-0.3, -0.25) is 4.79 Å². The molecule has 1 aliphatic heterocycles. The van der Waals surface area contributed by atoms with Crippen LogP contribution < -0.4 is 5.32 Å². The van der Waals surface area contributed by atoms with E-state index in [9.17, 15) is 4.79 Å². The number of hydrogen-bond acceptors (Lipinski definition) is 2. The van der Waals surface area contributed by atoms with E-state index >= 15 is 0 Å². The van der Waals surface area contributed by atoms with Crippen LogP contribution >= 0.6 is 11.6 Å². The van der Waals surface area contributed by atoms with Crippen molar-refractivity contribution in [2.24, 2.45) is 0 Å². The number of nitrogens with zero attached hydrogens (tertiary/aromatic N) is 1. The van der Waals surface area contributed by atoms with Crippen molar-refractivity contribution in [3.05, 3.63) is 34.9 Å². The van der Waals surface area contributed by atoms with Gasteiger partial charge in [-0.25, -0.2) is 0 Å². The number of halogens is 1. The van der Waals surface area contributed by atoms with Gasteiger partial charge in [0, 0.05) is 30.7 Å². The van der Waals surface area contributed by atoms with Crippen LogP contribution in [0.4, 0.5) is 0 Å². The molecule has 1 amide bonds. The number of carbonyl (C=O) groups excluding carboxylic acids is 1. The zero-order chi connectivity index (χ0) is 13.5. The SMILES string of the molecule is C[C@@H]1CN(C(=O)C2(c3ccc(Cl)cc3)CC2)CCN1. The summed E-state index contributed by atoms with van der Waals surface area (Å²) in [4.78, 5) is 14.8. The Kier molecular flexibility index (Phi) is 3.27. The standard InChI is InChI=1S/C15H19ClN2O/c1-11-10-18(9-8-17-11)14(19)15(6-7-15)12-2-4-13(16)5-3-12/h2-5,11,17H,6-10H2,1H3/t11-/m1/s1. The molecular formula is C15H19ClN2O. The maximum Gasteiger partial charge on any atom is 0.233 e. The van der Waals surface area contributed by atoms with E-state index < -0.39 is 0 Å². The molecule has 0 aromatic heterocycles. The fraction of sp³-hybridized carbons (Fsp3) is 0.533. The number of carbonyl (C=O) groups is 1. The molecule has 19 heavy (non-hydrogen) atoms. The summed E-state index contributed by atoms with van der Waals surface area (Å²) in [5, 5.41) is 4.10. The first-order chi connectivity index (χ1) is 9.12. The van der Waals surface area contributed by atoms with Crippen LogP contribution in [0.2, 0.25) is 5.02 Å². The zero-order valence-corrected chi connectivity index (χ0v) is 11.9. The van der Waals surface area contributed by atoms with Crippen LogP contribution in [0.1, 0.15) is 25.3 Å². The number of amides is 1. The molecular weight excluding hydrogens is 260 g/mol. The third-order valence-electron chi connectivity index (χ3n) is 4.21. The second-order valence-electron chi connectivity index (χ2n) is 5.70. The van der Waals surface area contributed by atoms with Crippen LogP contribution in [0.5, 0.6) is 0 Å². The van der Waals surface area contributed by atoms with Crippen LogP contribution in [0.25, 0.3) is 0 Å². The van der Waals surface area contributed by atoms with Crippen molar-refractivity contribution >= 4 is 17.5 Å². The maximum absolute atomic E-state index is 12.8. The molecule has 102 valence electrons. The molecule has 3 nitrogen and oxygen atoms in total. The number of benzene rings is 1. The first kappa shape index (κ1) is 12.9. The molecule has 1 aromatic carbocycles. The third-order valence-corrected chi connectivity index (χ3v) is 4.46. The molecule has 1 saturated heterocycles. The van der Waals surface area contributed by atoms with E-state index in [1.165, 1.54) is 0 Å². The normalized spacial score (nSPS) is 25.2. The smallest absolute Gasteiger partial charge is 0.233 e. The van der Waals surface area contributed by atoms with E-state index in [0.29, 0.717) is 11.9 Å². The largest absolute Gasteiger partial charge is 0.339 e. The second-order valence-corrected chi connectivity index (χ2v) is 6.13. The third kappa shape index (κ3) is 2.37. The first-order valence-corrected chi connectivity index (χ1v) is 7.28. The summed E-state index contributed by atoms with van der Waals surface area (Å²) in [6, 6.07) is 8.14. The van der Waals surface area contributed by atoms with Gasteiger partial charge in [0.05, 0.1) is 5.41 Å². The van der Waals surface area contributed by atoms with Gasteiger partial charge in [-0.2, -0.15) is 0 Å². The molecule has 2 fully saturated rings. The fourth-order valence-electron chi connectivity index (χ4n) is 2.94. The lowest BCUT2D eigenvalue weighted by atomic mass is 9.94. The summed E-state index contributed by atoms with van der Waals surface area (Å²) in [7, 11) is 0. The second kappa shape index (κ2) is 4.80. The summed E-state index contributed by atoms with van der Waals surface area (Å²) in [6.07, 6.45) is 1.93. The minimum atomic E-state index is -0.262. The van der Waals surface area contributed by atoms with Crippen molar-refractivity contribution in [3.63, 3.8) is 0 Å². The average Bonchev–Trinajstić information content (AvgIpc) is 3.20. The number of piperazine rings is 1. The Bertz CT molecular complexity index is 481. The quantitative estimate of drug-likeness (QED) is 0.899. The van der Waals surface area contributed by atoms with Crippen molar-refractivity contribution in [3.8, 4) is 0 Å². The van der Waals surface area contributed by atoms with Gasteiger partial charge in [0.15, 0.2) is 0 Å². The minimum Gasteiger partial charge on any atom is -0.339 e. The highest BCUT2D eigenvalue weighted by atomic mass is 35.5. The fourth-order valence-corrected chi connectivity index (χ4v) is 3.07. The highest BCUT2D eigenvalue weighted by molar-refractivity contribution is 6.30.